The van der Waals surface area contributed by atoms with Crippen molar-refractivity contribution in [1.29, 1.82) is 0 Å². The molecule has 0 atom stereocenters. The number of aromatic nitrogens is 1. The molecule has 0 amide bonds. The number of hydrogen-bond acceptors (Lipinski definition) is 4. The van der Waals surface area contributed by atoms with Crippen molar-refractivity contribution >= 4 is 43.9 Å². The van der Waals surface area contributed by atoms with Crippen molar-refractivity contribution in [3.8, 4) is 0 Å². The molecule has 0 bridgehead atoms. The monoisotopic (exact) mass is 336 g/mol. The maximum Gasteiger partial charge on any atom is 0.205 e. The number of nitrogens with zero attached hydrogens (tertiary/aromatic N) is 1. The first kappa shape index (κ1) is 14.8. The molecule has 3 nitrogen and oxygen atoms in total. The Hall–Kier alpha value is -2.79. The molecule has 0 spiro atoms. The number of hydrogen-bond donors (Lipinski definition) is 1. The summed E-state index contributed by atoms with van der Waals surface area (Å²) >= 11 is 1.27. The largest absolute Gasteiger partial charge is 0.397 e. The first-order valence-electron chi connectivity index (χ1n) is 7.42. The zero-order valence-corrected chi connectivity index (χ0v) is 13.7. The lowest BCUT2D eigenvalue weighted by Crippen LogP contribution is -2.02. The molecule has 4 aromatic rings. The third-order valence-electron chi connectivity index (χ3n) is 3.98. The molecular formula is C19H13FN2OS. The zero-order valence-electron chi connectivity index (χ0n) is 12.8. The van der Waals surface area contributed by atoms with E-state index in [1.807, 2.05) is 31.2 Å². The number of rotatable bonds is 2. The number of ketones is 1. The summed E-state index contributed by atoms with van der Waals surface area (Å²) in [5, 5.41) is 1.76. The van der Waals surface area contributed by atoms with Crippen molar-refractivity contribution < 1.29 is 9.18 Å². The molecule has 2 aromatic heterocycles. The SMILES string of the molecule is Cc1ccc2cc3c(N)c(C(=O)c4ccc(F)cc4)sc3nc2c1. The summed E-state index contributed by atoms with van der Waals surface area (Å²) in [5.41, 5.74) is 9.05. The van der Waals surface area contributed by atoms with Crippen LogP contribution in [0.3, 0.4) is 0 Å². The van der Waals surface area contributed by atoms with Crippen LogP contribution in [-0.4, -0.2) is 10.8 Å². The first-order chi connectivity index (χ1) is 11.5. The molecule has 0 fully saturated rings. The normalized spacial score (nSPS) is 11.2. The Balaban J connectivity index is 1.89. The van der Waals surface area contributed by atoms with E-state index in [1.54, 1.807) is 0 Å². The average Bonchev–Trinajstić information content (AvgIpc) is 2.89. The molecule has 0 unspecified atom stereocenters. The van der Waals surface area contributed by atoms with E-state index in [0.717, 1.165) is 26.7 Å². The third kappa shape index (κ3) is 2.34. The number of carbonyl (C=O) groups excluding carboxylic acids is 1. The number of halogens is 1. The lowest BCUT2D eigenvalue weighted by molar-refractivity contribution is 0.104. The van der Waals surface area contributed by atoms with Crippen LogP contribution in [0.4, 0.5) is 10.1 Å². The van der Waals surface area contributed by atoms with Gasteiger partial charge in [-0.1, -0.05) is 12.1 Å². The number of carbonyl (C=O) groups is 1. The highest BCUT2D eigenvalue weighted by molar-refractivity contribution is 7.21. The first-order valence-corrected chi connectivity index (χ1v) is 8.24. The Kier molecular flexibility index (Phi) is 3.32. The van der Waals surface area contributed by atoms with Gasteiger partial charge in [-0.3, -0.25) is 4.79 Å². The van der Waals surface area contributed by atoms with Crippen molar-refractivity contribution in [3.63, 3.8) is 0 Å². The molecule has 2 heterocycles. The summed E-state index contributed by atoms with van der Waals surface area (Å²) in [6, 6.07) is 13.5. The second kappa shape index (κ2) is 5.39. The van der Waals surface area contributed by atoms with Gasteiger partial charge in [-0.15, -0.1) is 11.3 Å². The van der Waals surface area contributed by atoms with Crippen LogP contribution in [0.2, 0.25) is 0 Å². The average molecular weight is 336 g/mol. The number of anilines is 1. The Morgan fingerprint density at radius 2 is 1.88 bits per heavy atom. The van der Waals surface area contributed by atoms with Crippen LogP contribution in [0.15, 0.2) is 48.5 Å². The van der Waals surface area contributed by atoms with E-state index in [9.17, 15) is 9.18 Å². The van der Waals surface area contributed by atoms with Gasteiger partial charge in [0.2, 0.25) is 5.78 Å². The Bertz CT molecular complexity index is 1100. The van der Waals surface area contributed by atoms with Crippen molar-refractivity contribution in [2.75, 3.05) is 5.73 Å². The van der Waals surface area contributed by atoms with Crippen LogP contribution in [0.25, 0.3) is 21.1 Å². The van der Waals surface area contributed by atoms with Gasteiger partial charge in [0, 0.05) is 16.3 Å². The van der Waals surface area contributed by atoms with Crippen molar-refractivity contribution in [3.05, 3.63) is 70.4 Å². The van der Waals surface area contributed by atoms with Gasteiger partial charge in [-0.05, 0) is 48.9 Å². The van der Waals surface area contributed by atoms with Crippen LogP contribution < -0.4 is 5.73 Å². The van der Waals surface area contributed by atoms with E-state index < -0.39 is 0 Å². The van der Waals surface area contributed by atoms with Gasteiger partial charge >= 0.3 is 0 Å². The van der Waals surface area contributed by atoms with Gasteiger partial charge in [0.25, 0.3) is 0 Å². The predicted octanol–water partition coefficient (Wildman–Crippen LogP) is 4.71. The maximum atomic E-state index is 13.0. The molecule has 0 aliphatic rings. The van der Waals surface area contributed by atoms with Gasteiger partial charge in [0.15, 0.2) is 0 Å². The molecule has 0 saturated carbocycles. The fourth-order valence-corrected chi connectivity index (χ4v) is 3.75. The van der Waals surface area contributed by atoms with E-state index in [2.05, 4.69) is 4.98 Å². The maximum absolute atomic E-state index is 13.0. The standard InChI is InChI=1S/C19H13FN2OS/c1-10-2-3-12-9-14-16(21)18(24-19(14)22-15(12)8-10)17(23)11-4-6-13(20)7-5-11/h2-9H,21H2,1H3. The van der Waals surface area contributed by atoms with E-state index in [1.165, 1.54) is 35.6 Å². The van der Waals surface area contributed by atoms with Gasteiger partial charge in [-0.25, -0.2) is 9.37 Å². The van der Waals surface area contributed by atoms with E-state index in [4.69, 9.17) is 5.73 Å². The number of pyridine rings is 1. The summed E-state index contributed by atoms with van der Waals surface area (Å²) in [6.07, 6.45) is 0. The fourth-order valence-electron chi connectivity index (χ4n) is 2.71. The quantitative estimate of drug-likeness (QED) is 0.539. The zero-order chi connectivity index (χ0) is 16.8. The molecule has 5 heteroatoms. The second-order valence-corrected chi connectivity index (χ2v) is 6.72. The number of nitrogens with two attached hydrogens (primary N) is 1. The van der Waals surface area contributed by atoms with E-state index in [-0.39, 0.29) is 11.6 Å². The number of aryl methyl sites for hydroxylation is 1. The summed E-state index contributed by atoms with van der Waals surface area (Å²) in [6.45, 7) is 2.01. The lowest BCUT2D eigenvalue weighted by atomic mass is 10.1. The highest BCUT2D eigenvalue weighted by atomic mass is 32.1. The molecule has 0 radical (unpaired) electrons. The number of benzene rings is 2. The van der Waals surface area contributed by atoms with Crippen molar-refractivity contribution in [1.82, 2.24) is 4.98 Å². The number of nitrogen functional groups attached to an aromatic ring is 1. The molecule has 118 valence electrons. The molecule has 0 aliphatic carbocycles. The summed E-state index contributed by atoms with van der Waals surface area (Å²) in [4.78, 5) is 18.5. The predicted molar refractivity (Wildman–Crippen MR) is 96.1 cm³/mol. The lowest BCUT2D eigenvalue weighted by Gasteiger charge is -2.00. The van der Waals surface area contributed by atoms with Gasteiger partial charge in [-0.2, -0.15) is 0 Å². The Morgan fingerprint density at radius 1 is 1.12 bits per heavy atom. The van der Waals surface area contributed by atoms with Crippen LogP contribution >= 0.6 is 11.3 Å². The second-order valence-electron chi connectivity index (χ2n) is 5.72. The highest BCUT2D eigenvalue weighted by Gasteiger charge is 2.19. The molecule has 2 aromatic carbocycles. The summed E-state index contributed by atoms with van der Waals surface area (Å²) < 4.78 is 13.0. The molecular weight excluding hydrogens is 323 g/mol. The molecule has 4 rings (SSSR count). The Morgan fingerprint density at radius 3 is 2.62 bits per heavy atom. The molecule has 0 aliphatic heterocycles. The fraction of sp³-hybridized carbons (Fsp3) is 0.0526. The minimum absolute atomic E-state index is 0.212. The number of thiophene rings is 1. The highest BCUT2D eigenvalue weighted by Crippen LogP contribution is 2.36. The third-order valence-corrected chi connectivity index (χ3v) is 5.10. The smallest absolute Gasteiger partial charge is 0.205 e. The molecule has 24 heavy (non-hydrogen) atoms. The minimum Gasteiger partial charge on any atom is -0.397 e. The van der Waals surface area contributed by atoms with Gasteiger partial charge < -0.3 is 5.73 Å². The number of fused-ring (bicyclic) bond motifs is 2. The van der Waals surface area contributed by atoms with Gasteiger partial charge in [0.05, 0.1) is 11.2 Å². The minimum atomic E-state index is -0.376. The van der Waals surface area contributed by atoms with Crippen molar-refractivity contribution in [2.24, 2.45) is 0 Å². The van der Waals surface area contributed by atoms with Gasteiger partial charge in [0.1, 0.15) is 15.5 Å². The Labute approximate surface area is 141 Å². The van der Waals surface area contributed by atoms with Crippen molar-refractivity contribution in [2.45, 2.75) is 6.92 Å². The topological polar surface area (TPSA) is 56.0 Å². The van der Waals surface area contributed by atoms with Crippen LogP contribution in [0.1, 0.15) is 20.8 Å². The molecule has 2 N–H and O–H groups in total. The summed E-state index contributed by atoms with van der Waals surface area (Å²) in [5.74, 6) is -0.588. The summed E-state index contributed by atoms with van der Waals surface area (Å²) in [7, 11) is 0. The van der Waals surface area contributed by atoms with E-state index >= 15 is 0 Å². The van der Waals surface area contributed by atoms with Crippen LogP contribution in [-0.2, 0) is 0 Å². The van der Waals surface area contributed by atoms with Crippen LogP contribution in [0.5, 0.6) is 0 Å². The van der Waals surface area contributed by atoms with E-state index in [0.29, 0.717) is 16.1 Å². The molecule has 0 saturated heterocycles. The van der Waals surface area contributed by atoms with Crippen LogP contribution in [0, 0.1) is 12.7 Å².